The molecule has 190 valence electrons. The maximum atomic E-state index is 13.7. The highest BCUT2D eigenvalue weighted by atomic mass is 35.5. The van der Waals surface area contributed by atoms with Crippen molar-refractivity contribution in [2.45, 2.75) is 45.7 Å². The molecular formula is C28H32ClN3O3S. The van der Waals surface area contributed by atoms with Crippen molar-refractivity contribution >= 4 is 40.6 Å². The van der Waals surface area contributed by atoms with E-state index in [9.17, 15) is 9.59 Å². The van der Waals surface area contributed by atoms with E-state index in [1.54, 1.807) is 40.5 Å². The number of fused-ring (bicyclic) bond motifs is 1. The molecule has 4 rings (SSSR count). The number of urea groups is 1. The Labute approximate surface area is 221 Å². The number of hydrogen-bond acceptors (Lipinski definition) is 4. The normalized spacial score (nSPS) is 15.7. The van der Waals surface area contributed by atoms with E-state index in [0.717, 1.165) is 29.7 Å². The van der Waals surface area contributed by atoms with Gasteiger partial charge in [-0.05, 0) is 73.5 Å². The van der Waals surface area contributed by atoms with Crippen molar-refractivity contribution in [3.8, 4) is 5.75 Å². The summed E-state index contributed by atoms with van der Waals surface area (Å²) in [4.78, 5) is 31.7. The zero-order chi connectivity index (χ0) is 25.7. The van der Waals surface area contributed by atoms with Gasteiger partial charge in [-0.1, -0.05) is 42.8 Å². The summed E-state index contributed by atoms with van der Waals surface area (Å²) in [6.07, 6.45) is 1.53. The van der Waals surface area contributed by atoms with Crippen LogP contribution in [0.1, 0.15) is 42.3 Å². The van der Waals surface area contributed by atoms with Crippen LogP contribution in [0.25, 0.3) is 0 Å². The molecule has 1 aromatic heterocycles. The van der Waals surface area contributed by atoms with Crippen LogP contribution in [-0.2, 0) is 11.2 Å². The molecule has 6 nitrogen and oxygen atoms in total. The number of aryl methyl sites for hydroxylation is 1. The maximum absolute atomic E-state index is 13.7. The average molecular weight is 526 g/mol. The average Bonchev–Trinajstić information content (AvgIpc) is 3.35. The lowest BCUT2D eigenvalue weighted by molar-refractivity contribution is -0.135. The standard InChI is InChI=1S/C28H32ClN3O3S/c1-4-20(3)32(28(34)30-22-10-7-9-21(29)16-22)17-27(33)31-14-12-26-23(13-15-36-26)24(31)18-35-25-11-6-5-8-19(25)2/h5-11,13,15-16,20,24H,4,12,14,17-18H2,1-3H3,(H,30,34). The fourth-order valence-electron chi connectivity index (χ4n) is 4.41. The van der Waals surface area contributed by atoms with E-state index in [1.165, 1.54) is 4.88 Å². The third kappa shape index (κ3) is 6.02. The number of ether oxygens (including phenoxy) is 1. The van der Waals surface area contributed by atoms with Gasteiger partial charge in [-0.2, -0.15) is 0 Å². The topological polar surface area (TPSA) is 61.9 Å². The first-order valence-corrected chi connectivity index (χ1v) is 13.5. The van der Waals surface area contributed by atoms with Crippen molar-refractivity contribution in [1.82, 2.24) is 9.80 Å². The van der Waals surface area contributed by atoms with Gasteiger partial charge in [0.25, 0.3) is 0 Å². The minimum Gasteiger partial charge on any atom is -0.491 e. The molecule has 0 fully saturated rings. The number of carbonyl (C=O) groups is 2. The van der Waals surface area contributed by atoms with E-state index in [1.807, 2.05) is 49.9 Å². The first kappa shape index (κ1) is 26.0. The molecule has 0 aliphatic carbocycles. The minimum absolute atomic E-state index is 0.0122. The van der Waals surface area contributed by atoms with E-state index >= 15 is 0 Å². The summed E-state index contributed by atoms with van der Waals surface area (Å²) < 4.78 is 6.20. The van der Waals surface area contributed by atoms with E-state index in [4.69, 9.17) is 16.3 Å². The van der Waals surface area contributed by atoms with Crippen molar-refractivity contribution in [2.24, 2.45) is 0 Å². The molecule has 1 N–H and O–H groups in total. The smallest absolute Gasteiger partial charge is 0.322 e. The van der Waals surface area contributed by atoms with E-state index in [2.05, 4.69) is 16.8 Å². The fraction of sp³-hybridized carbons (Fsp3) is 0.357. The molecule has 2 heterocycles. The molecule has 2 atom stereocenters. The SMILES string of the molecule is CCC(C)N(CC(=O)N1CCc2sccc2C1COc1ccccc1C)C(=O)Nc1cccc(Cl)c1. The van der Waals surface area contributed by atoms with Crippen molar-refractivity contribution in [1.29, 1.82) is 0 Å². The zero-order valence-corrected chi connectivity index (χ0v) is 22.4. The van der Waals surface area contributed by atoms with Gasteiger partial charge >= 0.3 is 6.03 Å². The molecule has 8 heteroatoms. The molecule has 1 aliphatic heterocycles. The lowest BCUT2D eigenvalue weighted by atomic mass is 10.00. The Morgan fingerprint density at radius 2 is 2.03 bits per heavy atom. The summed E-state index contributed by atoms with van der Waals surface area (Å²) in [7, 11) is 0. The summed E-state index contributed by atoms with van der Waals surface area (Å²) in [5.41, 5.74) is 2.78. The second kappa shape index (κ2) is 11.8. The predicted molar refractivity (Wildman–Crippen MR) is 146 cm³/mol. The van der Waals surface area contributed by atoms with Gasteiger partial charge in [0.1, 0.15) is 18.9 Å². The third-order valence-corrected chi connectivity index (χ3v) is 7.90. The number of carbonyl (C=O) groups excluding carboxylic acids is 2. The second-order valence-electron chi connectivity index (χ2n) is 9.05. The van der Waals surface area contributed by atoms with Crippen LogP contribution in [0.5, 0.6) is 5.75 Å². The summed E-state index contributed by atoms with van der Waals surface area (Å²) in [5, 5.41) is 5.50. The minimum atomic E-state index is -0.319. The summed E-state index contributed by atoms with van der Waals surface area (Å²) in [6, 6.07) is 16.3. The van der Waals surface area contributed by atoms with Gasteiger partial charge in [0, 0.05) is 28.2 Å². The molecule has 36 heavy (non-hydrogen) atoms. The van der Waals surface area contributed by atoms with Crippen molar-refractivity contribution in [3.05, 3.63) is 81.0 Å². The number of hydrogen-bond donors (Lipinski definition) is 1. The number of para-hydroxylation sites is 1. The van der Waals surface area contributed by atoms with Crippen molar-refractivity contribution in [2.75, 3.05) is 25.0 Å². The molecule has 0 saturated heterocycles. The Balaban J connectivity index is 1.52. The first-order chi connectivity index (χ1) is 17.4. The third-order valence-electron chi connectivity index (χ3n) is 6.67. The van der Waals surface area contributed by atoms with Gasteiger partial charge in [-0.25, -0.2) is 4.79 Å². The van der Waals surface area contributed by atoms with Crippen LogP contribution < -0.4 is 10.1 Å². The molecular weight excluding hydrogens is 494 g/mol. The second-order valence-corrected chi connectivity index (χ2v) is 10.5. The van der Waals surface area contributed by atoms with Gasteiger partial charge in [-0.15, -0.1) is 11.3 Å². The van der Waals surface area contributed by atoms with Gasteiger partial charge in [0.15, 0.2) is 0 Å². The van der Waals surface area contributed by atoms with Gasteiger partial charge in [-0.3, -0.25) is 4.79 Å². The van der Waals surface area contributed by atoms with Crippen LogP contribution in [0, 0.1) is 6.92 Å². The van der Waals surface area contributed by atoms with Crippen LogP contribution in [0.2, 0.25) is 5.02 Å². The number of anilines is 1. The van der Waals surface area contributed by atoms with Gasteiger partial charge in [0.2, 0.25) is 5.91 Å². The number of halogens is 1. The Bertz CT molecular complexity index is 1210. The highest BCUT2D eigenvalue weighted by Crippen LogP contribution is 2.34. The van der Waals surface area contributed by atoms with E-state index < -0.39 is 0 Å². The largest absolute Gasteiger partial charge is 0.491 e. The van der Waals surface area contributed by atoms with Crippen molar-refractivity contribution in [3.63, 3.8) is 0 Å². The van der Waals surface area contributed by atoms with Crippen LogP contribution in [0.4, 0.5) is 10.5 Å². The Morgan fingerprint density at radius 1 is 1.22 bits per heavy atom. The number of thiophene rings is 1. The lowest BCUT2D eigenvalue weighted by Gasteiger charge is -2.38. The molecule has 3 aromatic rings. The lowest BCUT2D eigenvalue weighted by Crippen LogP contribution is -2.50. The number of amides is 3. The molecule has 3 amide bonds. The quantitative estimate of drug-likeness (QED) is 0.363. The summed E-state index contributed by atoms with van der Waals surface area (Å²) in [5.74, 6) is 0.723. The summed E-state index contributed by atoms with van der Waals surface area (Å²) in [6.45, 7) is 6.92. The Morgan fingerprint density at radius 3 is 2.78 bits per heavy atom. The highest BCUT2D eigenvalue weighted by molar-refractivity contribution is 7.10. The molecule has 1 aliphatic rings. The molecule has 0 spiro atoms. The zero-order valence-electron chi connectivity index (χ0n) is 20.9. The first-order valence-electron chi connectivity index (χ1n) is 12.2. The fourth-order valence-corrected chi connectivity index (χ4v) is 5.53. The number of benzene rings is 2. The van der Waals surface area contributed by atoms with E-state index in [0.29, 0.717) is 23.9 Å². The number of nitrogens with zero attached hydrogens (tertiary/aromatic N) is 2. The summed E-state index contributed by atoms with van der Waals surface area (Å²) >= 11 is 7.80. The molecule has 2 aromatic carbocycles. The molecule has 0 saturated carbocycles. The number of nitrogens with one attached hydrogen (secondary N) is 1. The predicted octanol–water partition coefficient (Wildman–Crippen LogP) is 6.55. The Kier molecular flexibility index (Phi) is 8.54. The van der Waals surface area contributed by atoms with Crippen LogP contribution in [-0.4, -0.2) is 47.5 Å². The Hall–Kier alpha value is -3.03. The van der Waals surface area contributed by atoms with Crippen LogP contribution in [0.3, 0.4) is 0 Å². The van der Waals surface area contributed by atoms with Gasteiger partial charge in [0.05, 0.1) is 6.04 Å². The maximum Gasteiger partial charge on any atom is 0.322 e. The van der Waals surface area contributed by atoms with Crippen molar-refractivity contribution < 1.29 is 14.3 Å². The number of rotatable bonds is 8. The molecule has 2 unspecified atom stereocenters. The highest BCUT2D eigenvalue weighted by Gasteiger charge is 2.34. The van der Waals surface area contributed by atoms with E-state index in [-0.39, 0.29) is 30.6 Å². The van der Waals surface area contributed by atoms with Crippen LogP contribution in [0.15, 0.2) is 60.0 Å². The molecule has 0 radical (unpaired) electrons. The van der Waals surface area contributed by atoms with Gasteiger partial charge < -0.3 is 19.9 Å². The molecule has 0 bridgehead atoms. The monoisotopic (exact) mass is 525 g/mol. The van der Waals surface area contributed by atoms with Crippen LogP contribution >= 0.6 is 22.9 Å².